The monoisotopic (exact) mass is 196 g/mol. The summed E-state index contributed by atoms with van der Waals surface area (Å²) in [5.74, 6) is -0.300. The highest BCUT2D eigenvalue weighted by Crippen LogP contribution is 2.41. The maximum absolute atomic E-state index is 10.7. The Hall–Kier alpha value is -1.43. The van der Waals surface area contributed by atoms with Crippen LogP contribution in [-0.2, 0) is 5.41 Å². The average Bonchev–Trinajstić information content (AvgIpc) is 2.52. The quantitative estimate of drug-likeness (QED) is 0.680. The number of hydrogen-bond acceptors (Lipinski definition) is 5. The standard InChI is InChI=1S/C8H12N4O2/c9-4-8(2-1-3-8)7-11-6(5(10)13)12-14-7/h1-4,9H2,(H2,10,13). The zero-order valence-corrected chi connectivity index (χ0v) is 7.69. The molecule has 0 bridgehead atoms. The summed E-state index contributed by atoms with van der Waals surface area (Å²) in [6.07, 6.45) is 2.97. The van der Waals surface area contributed by atoms with Crippen molar-refractivity contribution < 1.29 is 9.32 Å². The highest BCUT2D eigenvalue weighted by Gasteiger charge is 2.42. The predicted molar refractivity (Wildman–Crippen MR) is 47.4 cm³/mol. The lowest BCUT2D eigenvalue weighted by Crippen LogP contribution is -2.41. The molecule has 0 aromatic carbocycles. The van der Waals surface area contributed by atoms with Crippen LogP contribution in [0.1, 0.15) is 35.8 Å². The van der Waals surface area contributed by atoms with E-state index in [2.05, 4.69) is 10.1 Å². The largest absolute Gasteiger partial charge is 0.363 e. The van der Waals surface area contributed by atoms with Crippen LogP contribution in [0.5, 0.6) is 0 Å². The minimum absolute atomic E-state index is 0.0697. The third-order valence-corrected chi connectivity index (χ3v) is 2.80. The molecule has 1 aliphatic carbocycles. The molecule has 0 radical (unpaired) electrons. The first-order chi connectivity index (χ1) is 6.68. The molecule has 2 rings (SSSR count). The second kappa shape index (κ2) is 3.06. The van der Waals surface area contributed by atoms with Crippen molar-refractivity contribution in [2.24, 2.45) is 11.5 Å². The molecule has 14 heavy (non-hydrogen) atoms. The number of amides is 1. The molecule has 1 aromatic heterocycles. The Bertz CT molecular complexity index is 350. The van der Waals surface area contributed by atoms with Gasteiger partial charge in [-0.2, -0.15) is 4.98 Å². The molecule has 1 aromatic rings. The highest BCUT2D eigenvalue weighted by molar-refractivity contribution is 5.88. The van der Waals surface area contributed by atoms with E-state index in [1.54, 1.807) is 0 Å². The maximum Gasteiger partial charge on any atom is 0.290 e. The molecule has 1 amide bonds. The van der Waals surface area contributed by atoms with Crippen molar-refractivity contribution >= 4 is 5.91 Å². The van der Waals surface area contributed by atoms with E-state index < -0.39 is 5.91 Å². The van der Waals surface area contributed by atoms with Gasteiger partial charge in [-0.05, 0) is 12.8 Å². The van der Waals surface area contributed by atoms with E-state index in [1.165, 1.54) is 0 Å². The number of rotatable bonds is 3. The van der Waals surface area contributed by atoms with Crippen molar-refractivity contribution in [3.05, 3.63) is 11.7 Å². The fourth-order valence-corrected chi connectivity index (χ4v) is 1.65. The summed E-state index contributed by atoms with van der Waals surface area (Å²) in [7, 11) is 0. The molecule has 0 unspecified atom stereocenters. The smallest absolute Gasteiger partial charge is 0.290 e. The van der Waals surface area contributed by atoms with Crippen LogP contribution in [0.25, 0.3) is 0 Å². The second-order valence-corrected chi connectivity index (χ2v) is 3.63. The first-order valence-corrected chi connectivity index (χ1v) is 4.52. The number of hydrogen-bond donors (Lipinski definition) is 2. The van der Waals surface area contributed by atoms with Crippen molar-refractivity contribution in [3.8, 4) is 0 Å². The van der Waals surface area contributed by atoms with Crippen LogP contribution in [-0.4, -0.2) is 22.6 Å². The minimum atomic E-state index is -0.675. The SMILES string of the molecule is NCC1(c2nc(C(N)=O)no2)CCC1. The lowest BCUT2D eigenvalue weighted by atomic mass is 9.69. The van der Waals surface area contributed by atoms with Gasteiger partial charge in [-0.3, -0.25) is 4.79 Å². The zero-order valence-electron chi connectivity index (χ0n) is 7.69. The molecule has 0 aliphatic heterocycles. The molecule has 1 heterocycles. The highest BCUT2D eigenvalue weighted by atomic mass is 16.5. The molecule has 76 valence electrons. The topological polar surface area (TPSA) is 108 Å². The molecular formula is C8H12N4O2. The molecule has 6 nitrogen and oxygen atoms in total. The maximum atomic E-state index is 10.7. The Balaban J connectivity index is 2.27. The number of nitrogens with two attached hydrogens (primary N) is 2. The van der Waals surface area contributed by atoms with E-state index >= 15 is 0 Å². The van der Waals surface area contributed by atoms with Crippen LogP contribution < -0.4 is 11.5 Å². The number of carbonyl (C=O) groups excluding carboxylic acids is 1. The molecule has 0 atom stereocenters. The van der Waals surface area contributed by atoms with E-state index in [0.717, 1.165) is 19.3 Å². The number of primary amides is 1. The van der Waals surface area contributed by atoms with Crippen LogP contribution in [0.2, 0.25) is 0 Å². The van der Waals surface area contributed by atoms with Gasteiger partial charge in [0.15, 0.2) is 0 Å². The van der Waals surface area contributed by atoms with E-state index in [9.17, 15) is 4.79 Å². The van der Waals surface area contributed by atoms with Gasteiger partial charge in [0.2, 0.25) is 5.89 Å². The van der Waals surface area contributed by atoms with Crippen molar-refractivity contribution in [1.82, 2.24) is 10.1 Å². The molecular weight excluding hydrogens is 184 g/mol. The normalized spacial score (nSPS) is 18.9. The summed E-state index contributed by atoms with van der Waals surface area (Å²) in [6, 6.07) is 0. The van der Waals surface area contributed by atoms with Crippen LogP contribution in [0.3, 0.4) is 0 Å². The number of aromatic nitrogens is 2. The first-order valence-electron chi connectivity index (χ1n) is 4.52. The molecule has 6 heteroatoms. The van der Waals surface area contributed by atoms with Gasteiger partial charge in [-0.1, -0.05) is 11.6 Å². The summed E-state index contributed by atoms with van der Waals surface area (Å²) < 4.78 is 4.98. The number of carbonyl (C=O) groups is 1. The Labute approximate surface area is 80.6 Å². The average molecular weight is 196 g/mol. The van der Waals surface area contributed by atoms with Crippen molar-refractivity contribution in [2.45, 2.75) is 24.7 Å². The van der Waals surface area contributed by atoms with E-state index in [4.69, 9.17) is 16.0 Å². The third-order valence-electron chi connectivity index (χ3n) is 2.80. The molecule has 0 spiro atoms. The zero-order chi connectivity index (χ0) is 10.2. The molecule has 1 aliphatic rings. The van der Waals surface area contributed by atoms with Crippen molar-refractivity contribution in [3.63, 3.8) is 0 Å². The third kappa shape index (κ3) is 1.19. The Kier molecular flexibility index (Phi) is 1.99. The molecule has 1 saturated carbocycles. The minimum Gasteiger partial charge on any atom is -0.363 e. The van der Waals surface area contributed by atoms with Gasteiger partial charge in [0.05, 0.1) is 5.41 Å². The van der Waals surface area contributed by atoms with Crippen molar-refractivity contribution in [1.29, 1.82) is 0 Å². The van der Waals surface area contributed by atoms with Gasteiger partial charge in [-0.25, -0.2) is 0 Å². The lowest BCUT2D eigenvalue weighted by molar-refractivity contribution is 0.0987. The summed E-state index contributed by atoms with van der Waals surface area (Å²) in [5.41, 5.74) is 10.5. The molecule has 4 N–H and O–H groups in total. The summed E-state index contributed by atoms with van der Waals surface area (Å²) in [6.45, 7) is 0.466. The Morgan fingerprint density at radius 3 is 2.64 bits per heavy atom. The van der Waals surface area contributed by atoms with Gasteiger partial charge in [0.25, 0.3) is 11.7 Å². The van der Waals surface area contributed by atoms with Gasteiger partial charge < -0.3 is 16.0 Å². The van der Waals surface area contributed by atoms with Crippen LogP contribution in [0.4, 0.5) is 0 Å². The van der Waals surface area contributed by atoms with Crippen LogP contribution >= 0.6 is 0 Å². The lowest BCUT2D eigenvalue weighted by Gasteiger charge is -2.36. The van der Waals surface area contributed by atoms with Gasteiger partial charge in [0, 0.05) is 6.54 Å². The predicted octanol–water partition coefficient (Wildman–Crippen LogP) is -0.451. The van der Waals surface area contributed by atoms with Crippen molar-refractivity contribution in [2.75, 3.05) is 6.54 Å². The van der Waals surface area contributed by atoms with Crippen LogP contribution in [0, 0.1) is 0 Å². The molecule has 0 saturated heterocycles. The van der Waals surface area contributed by atoms with E-state index in [1.807, 2.05) is 0 Å². The van der Waals surface area contributed by atoms with Gasteiger partial charge in [0.1, 0.15) is 0 Å². The molecule has 1 fully saturated rings. The summed E-state index contributed by atoms with van der Waals surface area (Å²) in [4.78, 5) is 14.7. The Morgan fingerprint density at radius 1 is 1.57 bits per heavy atom. The van der Waals surface area contributed by atoms with Gasteiger partial charge in [-0.15, -0.1) is 0 Å². The fourth-order valence-electron chi connectivity index (χ4n) is 1.65. The summed E-state index contributed by atoms with van der Waals surface area (Å²) >= 11 is 0. The Morgan fingerprint density at radius 2 is 2.29 bits per heavy atom. The number of nitrogens with zero attached hydrogens (tertiary/aromatic N) is 2. The fraction of sp³-hybridized carbons (Fsp3) is 0.625. The van der Waals surface area contributed by atoms with E-state index in [0.29, 0.717) is 12.4 Å². The summed E-state index contributed by atoms with van der Waals surface area (Å²) in [5, 5.41) is 3.50. The second-order valence-electron chi connectivity index (χ2n) is 3.63. The van der Waals surface area contributed by atoms with Gasteiger partial charge >= 0.3 is 0 Å². The van der Waals surface area contributed by atoms with E-state index in [-0.39, 0.29) is 11.2 Å². The van der Waals surface area contributed by atoms with Crippen LogP contribution in [0.15, 0.2) is 4.52 Å². The first kappa shape index (κ1) is 9.14.